The maximum absolute atomic E-state index is 5.95. The van der Waals surface area contributed by atoms with Gasteiger partial charge in [0.05, 0.1) is 23.7 Å². The molecular formula is C14H11ClN2O. The fraction of sp³-hybridized carbons (Fsp3) is 0.0714. The molecule has 0 unspecified atom stereocenters. The van der Waals surface area contributed by atoms with Gasteiger partial charge >= 0.3 is 0 Å². The van der Waals surface area contributed by atoms with Crippen molar-refractivity contribution in [2.24, 2.45) is 0 Å². The number of H-pyrrole nitrogens is 1. The van der Waals surface area contributed by atoms with Crippen molar-refractivity contribution >= 4 is 22.6 Å². The topological polar surface area (TPSA) is 37.9 Å². The summed E-state index contributed by atoms with van der Waals surface area (Å²) < 4.78 is 5.33. The van der Waals surface area contributed by atoms with Crippen LogP contribution < -0.4 is 4.74 Å². The number of para-hydroxylation sites is 2. The number of hydrogen-bond donors (Lipinski definition) is 1. The predicted molar refractivity (Wildman–Crippen MR) is 73.1 cm³/mol. The van der Waals surface area contributed by atoms with Crippen molar-refractivity contribution in [3.63, 3.8) is 0 Å². The summed E-state index contributed by atoms with van der Waals surface area (Å²) in [7, 11) is 1.62. The van der Waals surface area contributed by atoms with Crippen LogP contribution in [0.2, 0.25) is 5.02 Å². The number of ether oxygens (including phenoxy) is 1. The molecular weight excluding hydrogens is 248 g/mol. The third-order valence-electron chi connectivity index (χ3n) is 2.81. The molecule has 18 heavy (non-hydrogen) atoms. The minimum atomic E-state index is 0.645. The van der Waals surface area contributed by atoms with E-state index < -0.39 is 0 Å². The Kier molecular flexibility index (Phi) is 2.68. The van der Waals surface area contributed by atoms with Crippen molar-refractivity contribution in [2.45, 2.75) is 0 Å². The zero-order valence-corrected chi connectivity index (χ0v) is 10.5. The van der Waals surface area contributed by atoms with E-state index in [-0.39, 0.29) is 0 Å². The van der Waals surface area contributed by atoms with Crippen LogP contribution in [0.4, 0.5) is 0 Å². The summed E-state index contributed by atoms with van der Waals surface area (Å²) in [5, 5.41) is 0.645. The van der Waals surface area contributed by atoms with Crippen molar-refractivity contribution in [1.29, 1.82) is 0 Å². The van der Waals surface area contributed by atoms with E-state index in [9.17, 15) is 0 Å². The van der Waals surface area contributed by atoms with Crippen LogP contribution in [0.25, 0.3) is 22.4 Å². The lowest BCUT2D eigenvalue weighted by Crippen LogP contribution is -1.89. The number of aromatic amines is 1. The minimum absolute atomic E-state index is 0.645. The highest BCUT2D eigenvalue weighted by Crippen LogP contribution is 2.31. The molecule has 0 atom stereocenters. The van der Waals surface area contributed by atoms with Gasteiger partial charge in [0.15, 0.2) is 0 Å². The van der Waals surface area contributed by atoms with E-state index in [1.807, 2.05) is 36.4 Å². The van der Waals surface area contributed by atoms with Gasteiger partial charge in [-0.25, -0.2) is 4.98 Å². The molecule has 4 heteroatoms. The van der Waals surface area contributed by atoms with Gasteiger partial charge in [-0.2, -0.15) is 0 Å². The maximum atomic E-state index is 5.95. The number of benzene rings is 2. The zero-order chi connectivity index (χ0) is 12.5. The fourth-order valence-electron chi connectivity index (χ4n) is 1.94. The second-order valence-corrected chi connectivity index (χ2v) is 4.38. The molecule has 0 amide bonds. The van der Waals surface area contributed by atoms with Crippen LogP contribution in [0.5, 0.6) is 5.75 Å². The molecule has 3 aromatic rings. The largest absolute Gasteiger partial charge is 0.496 e. The van der Waals surface area contributed by atoms with Crippen molar-refractivity contribution in [3.05, 3.63) is 47.5 Å². The Morgan fingerprint density at radius 1 is 1.17 bits per heavy atom. The van der Waals surface area contributed by atoms with E-state index in [2.05, 4.69) is 9.97 Å². The molecule has 0 fully saturated rings. The molecule has 1 N–H and O–H groups in total. The highest BCUT2D eigenvalue weighted by molar-refractivity contribution is 6.30. The number of nitrogens with zero attached hydrogens (tertiary/aromatic N) is 1. The Morgan fingerprint density at radius 3 is 2.78 bits per heavy atom. The zero-order valence-electron chi connectivity index (χ0n) is 9.77. The molecule has 3 rings (SSSR count). The van der Waals surface area contributed by atoms with Crippen LogP contribution in [-0.2, 0) is 0 Å². The number of rotatable bonds is 2. The average Bonchev–Trinajstić information content (AvgIpc) is 2.82. The lowest BCUT2D eigenvalue weighted by molar-refractivity contribution is 0.416. The SMILES string of the molecule is COc1cc(Cl)ccc1-c1nc2ccccc2[nH]1. The van der Waals surface area contributed by atoms with Crippen molar-refractivity contribution in [3.8, 4) is 17.1 Å². The molecule has 0 bridgehead atoms. The highest BCUT2D eigenvalue weighted by atomic mass is 35.5. The third-order valence-corrected chi connectivity index (χ3v) is 3.04. The Hall–Kier alpha value is -2.00. The second-order valence-electron chi connectivity index (χ2n) is 3.95. The van der Waals surface area contributed by atoms with E-state index in [0.29, 0.717) is 10.8 Å². The number of halogens is 1. The molecule has 1 aromatic heterocycles. The van der Waals surface area contributed by atoms with Crippen LogP contribution in [0.15, 0.2) is 42.5 Å². The lowest BCUT2D eigenvalue weighted by atomic mass is 10.2. The van der Waals surface area contributed by atoms with Gasteiger partial charge in [-0.3, -0.25) is 0 Å². The monoisotopic (exact) mass is 258 g/mol. The number of hydrogen-bond acceptors (Lipinski definition) is 2. The Morgan fingerprint density at radius 2 is 2.00 bits per heavy atom. The third kappa shape index (κ3) is 1.83. The van der Waals surface area contributed by atoms with Gasteiger partial charge < -0.3 is 9.72 Å². The average molecular weight is 259 g/mol. The summed E-state index contributed by atoms with van der Waals surface area (Å²) in [6, 6.07) is 13.4. The second kappa shape index (κ2) is 4.35. The Balaban J connectivity index is 2.19. The molecule has 0 aliphatic heterocycles. The van der Waals surface area contributed by atoms with E-state index in [0.717, 1.165) is 22.4 Å². The number of nitrogens with one attached hydrogen (secondary N) is 1. The van der Waals surface area contributed by atoms with Gasteiger partial charge in [0.1, 0.15) is 11.6 Å². The summed E-state index contributed by atoms with van der Waals surface area (Å²) >= 11 is 5.95. The number of fused-ring (bicyclic) bond motifs is 1. The molecule has 0 spiro atoms. The van der Waals surface area contributed by atoms with Gasteiger partial charge in [-0.05, 0) is 30.3 Å². The molecule has 0 saturated carbocycles. The number of methoxy groups -OCH3 is 1. The van der Waals surface area contributed by atoms with Crippen LogP contribution in [-0.4, -0.2) is 17.1 Å². The first-order chi connectivity index (χ1) is 8.78. The van der Waals surface area contributed by atoms with Gasteiger partial charge in [0.25, 0.3) is 0 Å². The first-order valence-electron chi connectivity index (χ1n) is 5.56. The van der Waals surface area contributed by atoms with E-state index >= 15 is 0 Å². The summed E-state index contributed by atoms with van der Waals surface area (Å²) in [5.74, 6) is 1.49. The van der Waals surface area contributed by atoms with Gasteiger partial charge in [0, 0.05) is 5.02 Å². The lowest BCUT2D eigenvalue weighted by Gasteiger charge is -2.06. The van der Waals surface area contributed by atoms with Crippen molar-refractivity contribution in [1.82, 2.24) is 9.97 Å². The van der Waals surface area contributed by atoms with E-state index in [1.54, 1.807) is 13.2 Å². The minimum Gasteiger partial charge on any atom is -0.496 e. The molecule has 0 aliphatic carbocycles. The maximum Gasteiger partial charge on any atom is 0.142 e. The standard InChI is InChI=1S/C14H11ClN2O/c1-18-13-8-9(15)6-7-10(13)14-16-11-4-2-3-5-12(11)17-14/h2-8H,1H3,(H,16,17). The van der Waals surface area contributed by atoms with Gasteiger partial charge in [0.2, 0.25) is 0 Å². The molecule has 0 radical (unpaired) electrons. The number of imidazole rings is 1. The smallest absolute Gasteiger partial charge is 0.142 e. The summed E-state index contributed by atoms with van der Waals surface area (Å²) in [4.78, 5) is 7.81. The molecule has 3 nitrogen and oxygen atoms in total. The van der Waals surface area contributed by atoms with Crippen molar-refractivity contribution in [2.75, 3.05) is 7.11 Å². The predicted octanol–water partition coefficient (Wildman–Crippen LogP) is 3.89. The van der Waals surface area contributed by atoms with Gasteiger partial charge in [-0.1, -0.05) is 23.7 Å². The quantitative estimate of drug-likeness (QED) is 0.757. The number of aromatic nitrogens is 2. The summed E-state index contributed by atoms with van der Waals surface area (Å²) in [6.07, 6.45) is 0. The fourth-order valence-corrected chi connectivity index (χ4v) is 2.10. The summed E-state index contributed by atoms with van der Waals surface area (Å²) in [5.41, 5.74) is 2.84. The first kappa shape index (κ1) is 11.1. The first-order valence-corrected chi connectivity index (χ1v) is 5.94. The van der Waals surface area contributed by atoms with Crippen LogP contribution in [0.3, 0.4) is 0 Å². The molecule has 2 aromatic carbocycles. The van der Waals surface area contributed by atoms with Crippen LogP contribution >= 0.6 is 11.6 Å². The van der Waals surface area contributed by atoms with Crippen LogP contribution in [0.1, 0.15) is 0 Å². The van der Waals surface area contributed by atoms with Crippen LogP contribution in [0, 0.1) is 0 Å². The van der Waals surface area contributed by atoms with E-state index in [1.165, 1.54) is 0 Å². The molecule has 90 valence electrons. The Labute approximate surface area is 109 Å². The van der Waals surface area contributed by atoms with Crippen molar-refractivity contribution < 1.29 is 4.74 Å². The Bertz CT molecular complexity index is 673. The molecule has 0 saturated heterocycles. The molecule has 1 heterocycles. The molecule has 0 aliphatic rings. The highest BCUT2D eigenvalue weighted by Gasteiger charge is 2.10. The normalized spacial score (nSPS) is 10.8. The van der Waals surface area contributed by atoms with Gasteiger partial charge in [-0.15, -0.1) is 0 Å². The van der Waals surface area contributed by atoms with E-state index in [4.69, 9.17) is 16.3 Å². The summed E-state index contributed by atoms with van der Waals surface area (Å²) in [6.45, 7) is 0.